The summed E-state index contributed by atoms with van der Waals surface area (Å²) in [6.45, 7) is 7.14. The molecule has 1 aliphatic rings. The third-order valence-corrected chi connectivity index (χ3v) is 5.40. The Morgan fingerprint density at radius 2 is 2.04 bits per heavy atom. The van der Waals surface area contributed by atoms with Gasteiger partial charge in [-0.3, -0.25) is 9.48 Å². The number of aromatic nitrogens is 3. The van der Waals surface area contributed by atoms with Gasteiger partial charge in [0.05, 0.1) is 22.5 Å². The van der Waals surface area contributed by atoms with Gasteiger partial charge in [0.25, 0.3) is 5.91 Å². The maximum absolute atomic E-state index is 12.9. The molecule has 2 aromatic heterocycles. The minimum atomic E-state index is -0.344. The van der Waals surface area contributed by atoms with E-state index >= 15 is 0 Å². The molecule has 1 aromatic carbocycles. The monoisotopic (exact) mass is 396 g/mol. The normalized spacial score (nSPS) is 13.9. The molecule has 3 heterocycles. The smallest absolute Gasteiger partial charge is 0.297 e. The lowest BCUT2D eigenvalue weighted by Crippen LogP contribution is -2.19. The number of fused-ring (bicyclic) bond motifs is 2. The van der Waals surface area contributed by atoms with E-state index in [1.165, 1.54) is 11.3 Å². The number of aryl methyl sites for hydroxylation is 1. The van der Waals surface area contributed by atoms with Crippen molar-refractivity contribution in [1.82, 2.24) is 14.3 Å². The van der Waals surface area contributed by atoms with Crippen LogP contribution in [0, 0.1) is 19.3 Å². The molecule has 0 unspecified atom stereocenters. The zero-order valence-corrected chi connectivity index (χ0v) is 16.7. The first-order valence-electron chi connectivity index (χ1n) is 8.99. The van der Waals surface area contributed by atoms with Crippen LogP contribution in [-0.2, 0) is 6.54 Å². The van der Waals surface area contributed by atoms with Gasteiger partial charge in [0.2, 0.25) is 0 Å². The predicted octanol–water partition coefficient (Wildman–Crippen LogP) is 2.93. The number of thiazole rings is 1. The number of nitrogens with zero attached hydrogens (tertiary/aromatic N) is 4. The Hall–Kier alpha value is -3.05. The van der Waals surface area contributed by atoms with Gasteiger partial charge in [0, 0.05) is 18.2 Å². The second-order valence-corrected chi connectivity index (χ2v) is 7.77. The molecular formula is C20H20N4O3S. The largest absolute Gasteiger partial charge is 0.486 e. The van der Waals surface area contributed by atoms with Gasteiger partial charge in [-0.2, -0.15) is 10.1 Å². The average Bonchev–Trinajstić information content (AvgIpc) is 3.21. The highest BCUT2D eigenvalue weighted by Crippen LogP contribution is 2.35. The van der Waals surface area contributed by atoms with Gasteiger partial charge < -0.3 is 14.0 Å². The maximum Gasteiger partial charge on any atom is 0.297 e. The second-order valence-electron chi connectivity index (χ2n) is 6.76. The number of rotatable bonds is 3. The van der Waals surface area contributed by atoms with Gasteiger partial charge in [0.15, 0.2) is 16.3 Å². The van der Waals surface area contributed by atoms with Crippen molar-refractivity contribution in [2.75, 3.05) is 13.2 Å². The molecule has 0 bridgehead atoms. The minimum absolute atomic E-state index is 0.0594. The Kier molecular flexibility index (Phi) is 4.69. The van der Waals surface area contributed by atoms with Crippen LogP contribution in [0.3, 0.4) is 0 Å². The highest BCUT2D eigenvalue weighted by atomic mass is 32.1. The van der Waals surface area contributed by atoms with Crippen molar-refractivity contribution in [3.63, 3.8) is 0 Å². The van der Waals surface area contributed by atoms with Crippen molar-refractivity contribution < 1.29 is 14.3 Å². The van der Waals surface area contributed by atoms with Gasteiger partial charge in [0.1, 0.15) is 18.9 Å². The van der Waals surface area contributed by atoms with Crippen LogP contribution in [0.2, 0.25) is 0 Å². The number of terminal acetylenes is 1. The van der Waals surface area contributed by atoms with E-state index in [4.69, 9.17) is 15.9 Å². The van der Waals surface area contributed by atoms with E-state index in [0.717, 1.165) is 15.9 Å². The molecule has 0 spiro atoms. The van der Waals surface area contributed by atoms with Gasteiger partial charge in [-0.05, 0) is 26.8 Å². The summed E-state index contributed by atoms with van der Waals surface area (Å²) in [6, 6.07) is 5.62. The highest BCUT2D eigenvalue weighted by molar-refractivity contribution is 7.16. The molecule has 144 valence electrons. The summed E-state index contributed by atoms with van der Waals surface area (Å²) < 4.78 is 15.8. The maximum atomic E-state index is 12.9. The Bertz CT molecular complexity index is 1180. The second kappa shape index (κ2) is 7.17. The quantitative estimate of drug-likeness (QED) is 0.638. The minimum Gasteiger partial charge on any atom is -0.486 e. The number of hydrogen-bond acceptors (Lipinski definition) is 5. The fourth-order valence-corrected chi connectivity index (χ4v) is 4.19. The topological polar surface area (TPSA) is 70.6 Å². The SMILES string of the molecule is C#CCn1c(=NC(=O)c2cc(C)nn2C(C)C)sc2cc3c(cc21)OCCO3. The number of carbonyl (C=O) groups excluding carboxylic acids is 1. The van der Waals surface area contributed by atoms with Crippen molar-refractivity contribution in [3.8, 4) is 23.8 Å². The van der Waals surface area contributed by atoms with E-state index in [1.54, 1.807) is 10.7 Å². The number of benzene rings is 1. The summed E-state index contributed by atoms with van der Waals surface area (Å²) in [6.07, 6.45) is 5.56. The molecular weight excluding hydrogens is 376 g/mol. The highest BCUT2D eigenvalue weighted by Gasteiger charge is 2.19. The zero-order chi connectivity index (χ0) is 19.8. The molecule has 0 fully saturated rings. The van der Waals surface area contributed by atoms with E-state index in [2.05, 4.69) is 16.0 Å². The fourth-order valence-electron chi connectivity index (χ4n) is 3.15. The molecule has 8 heteroatoms. The molecule has 0 atom stereocenters. The van der Waals surface area contributed by atoms with Crippen molar-refractivity contribution >= 4 is 27.5 Å². The summed E-state index contributed by atoms with van der Waals surface area (Å²) in [5.41, 5.74) is 2.11. The molecule has 28 heavy (non-hydrogen) atoms. The van der Waals surface area contributed by atoms with E-state index in [1.807, 2.05) is 37.5 Å². The van der Waals surface area contributed by atoms with Crippen molar-refractivity contribution in [3.05, 3.63) is 34.4 Å². The lowest BCUT2D eigenvalue weighted by molar-refractivity contribution is 0.0986. The van der Waals surface area contributed by atoms with Crippen LogP contribution in [0.4, 0.5) is 0 Å². The van der Waals surface area contributed by atoms with Crippen molar-refractivity contribution in [1.29, 1.82) is 0 Å². The Balaban J connectivity index is 1.87. The lowest BCUT2D eigenvalue weighted by atomic mass is 10.2. The van der Waals surface area contributed by atoms with Gasteiger partial charge in [-0.25, -0.2) is 0 Å². The summed E-state index contributed by atoms with van der Waals surface area (Å²) in [7, 11) is 0. The van der Waals surface area contributed by atoms with E-state index in [9.17, 15) is 4.79 Å². The molecule has 0 N–H and O–H groups in total. The molecule has 4 rings (SSSR count). The third kappa shape index (κ3) is 3.18. The van der Waals surface area contributed by atoms with Crippen LogP contribution in [0.1, 0.15) is 36.1 Å². The average molecular weight is 396 g/mol. The summed E-state index contributed by atoms with van der Waals surface area (Å²) >= 11 is 1.40. The molecule has 0 saturated carbocycles. The number of amides is 1. The zero-order valence-electron chi connectivity index (χ0n) is 15.9. The molecule has 1 aliphatic heterocycles. The predicted molar refractivity (Wildman–Crippen MR) is 107 cm³/mol. The van der Waals surface area contributed by atoms with Gasteiger partial charge in [-0.1, -0.05) is 17.3 Å². The first-order chi connectivity index (χ1) is 13.5. The van der Waals surface area contributed by atoms with E-state index < -0.39 is 0 Å². The molecule has 7 nitrogen and oxygen atoms in total. The first-order valence-corrected chi connectivity index (χ1v) is 9.81. The molecule has 3 aromatic rings. The lowest BCUT2D eigenvalue weighted by Gasteiger charge is -2.18. The van der Waals surface area contributed by atoms with E-state index in [0.29, 0.717) is 41.8 Å². The van der Waals surface area contributed by atoms with E-state index in [-0.39, 0.29) is 11.9 Å². The summed E-state index contributed by atoms with van der Waals surface area (Å²) in [5, 5.41) is 4.39. The molecule has 0 radical (unpaired) electrons. The Morgan fingerprint density at radius 3 is 2.71 bits per heavy atom. The van der Waals surface area contributed by atoms with Crippen molar-refractivity contribution in [2.24, 2.45) is 4.99 Å². The van der Waals surface area contributed by atoms with Crippen LogP contribution in [0.5, 0.6) is 11.5 Å². The molecule has 1 amide bonds. The summed E-state index contributed by atoms with van der Waals surface area (Å²) in [5.74, 6) is 3.66. The Labute approximate surface area is 166 Å². The Morgan fingerprint density at radius 1 is 1.32 bits per heavy atom. The molecule has 0 aliphatic carbocycles. The number of hydrogen-bond donors (Lipinski definition) is 0. The molecule has 0 saturated heterocycles. The third-order valence-electron chi connectivity index (χ3n) is 4.36. The van der Waals surface area contributed by atoms with Crippen LogP contribution in [0.15, 0.2) is 23.2 Å². The van der Waals surface area contributed by atoms with Crippen LogP contribution >= 0.6 is 11.3 Å². The fraction of sp³-hybridized carbons (Fsp3) is 0.350. The standard InChI is InChI=1S/C20H20N4O3S/c1-5-6-23-14-10-16-17(27-8-7-26-16)11-18(14)28-20(23)21-19(25)15-9-13(4)22-24(15)12(2)3/h1,9-12H,6-8H2,2-4H3. The van der Waals surface area contributed by atoms with Gasteiger partial charge >= 0.3 is 0 Å². The van der Waals surface area contributed by atoms with Crippen molar-refractivity contribution in [2.45, 2.75) is 33.4 Å². The van der Waals surface area contributed by atoms with Gasteiger partial charge in [-0.15, -0.1) is 6.42 Å². The van der Waals surface area contributed by atoms with Crippen LogP contribution < -0.4 is 14.3 Å². The van der Waals surface area contributed by atoms with Crippen LogP contribution in [-0.4, -0.2) is 33.5 Å². The number of carbonyl (C=O) groups is 1. The first kappa shape index (κ1) is 18.3. The summed E-state index contributed by atoms with van der Waals surface area (Å²) in [4.78, 5) is 17.8. The number of ether oxygens (including phenoxy) is 2. The van der Waals surface area contributed by atoms with Crippen LogP contribution in [0.25, 0.3) is 10.2 Å².